The quantitative estimate of drug-likeness (QED) is 0.627. The topological polar surface area (TPSA) is 33.2 Å². The monoisotopic (exact) mass is 382 g/mol. The average Bonchev–Trinajstić information content (AvgIpc) is 2.68. The molecule has 0 aliphatic carbocycles. The zero-order valence-corrected chi connectivity index (χ0v) is 17.7. The van der Waals surface area contributed by atoms with E-state index in [-0.39, 0.29) is 5.91 Å². The van der Waals surface area contributed by atoms with E-state index in [4.69, 9.17) is 4.98 Å². The van der Waals surface area contributed by atoms with Crippen LogP contribution in [0, 0.1) is 19.8 Å². The number of carbonyl (C=O) groups is 1. The summed E-state index contributed by atoms with van der Waals surface area (Å²) in [5.74, 6) is 1.48. The number of thioether (sulfide) groups is 1. The van der Waals surface area contributed by atoms with Crippen LogP contribution in [0.1, 0.15) is 60.4 Å². The van der Waals surface area contributed by atoms with Crippen molar-refractivity contribution in [1.82, 2.24) is 9.88 Å². The number of hydrogen-bond acceptors (Lipinski definition) is 3. The predicted octanol–water partition coefficient (Wildman–Crippen LogP) is 5.64. The van der Waals surface area contributed by atoms with Gasteiger partial charge in [0.05, 0.1) is 5.69 Å². The van der Waals surface area contributed by atoms with Crippen molar-refractivity contribution in [2.24, 2.45) is 5.92 Å². The van der Waals surface area contributed by atoms with E-state index in [1.54, 1.807) is 11.8 Å². The number of carbonyl (C=O) groups excluding carboxylic acids is 1. The van der Waals surface area contributed by atoms with E-state index in [1.807, 2.05) is 23.1 Å². The molecule has 1 aliphatic rings. The molecule has 1 fully saturated rings. The number of rotatable bonds is 5. The minimum absolute atomic E-state index is 0.0829. The highest BCUT2D eigenvalue weighted by Crippen LogP contribution is 2.29. The van der Waals surface area contributed by atoms with Crippen LogP contribution in [0.3, 0.4) is 0 Å². The molecule has 144 valence electrons. The summed E-state index contributed by atoms with van der Waals surface area (Å²) in [6.45, 7) is 9.52. The molecule has 4 heteroatoms. The lowest BCUT2D eigenvalue weighted by Gasteiger charge is -2.37. The highest BCUT2D eigenvalue weighted by Gasteiger charge is 2.29. The number of aromatic nitrogens is 1. The molecule has 0 spiro atoms. The summed E-state index contributed by atoms with van der Waals surface area (Å²) in [7, 11) is 0. The fourth-order valence-corrected chi connectivity index (χ4v) is 4.84. The molecule has 0 N–H and O–H groups in total. The fourth-order valence-electron chi connectivity index (χ4n) is 3.80. The van der Waals surface area contributed by atoms with Crippen molar-refractivity contribution in [2.75, 3.05) is 6.54 Å². The van der Waals surface area contributed by atoms with E-state index in [0.29, 0.717) is 17.7 Å². The molecule has 3 rings (SSSR count). The number of piperidine rings is 1. The first-order valence-electron chi connectivity index (χ1n) is 9.95. The summed E-state index contributed by atoms with van der Waals surface area (Å²) < 4.78 is 0. The minimum Gasteiger partial charge on any atom is -0.334 e. The molecule has 0 radical (unpaired) electrons. The van der Waals surface area contributed by atoms with Gasteiger partial charge in [0.25, 0.3) is 5.91 Å². The maximum atomic E-state index is 13.1. The van der Waals surface area contributed by atoms with Gasteiger partial charge in [-0.15, -0.1) is 11.8 Å². The van der Waals surface area contributed by atoms with Crippen molar-refractivity contribution < 1.29 is 4.79 Å². The van der Waals surface area contributed by atoms with Gasteiger partial charge in [0.15, 0.2) is 0 Å². The Hall–Kier alpha value is -1.81. The van der Waals surface area contributed by atoms with Crippen molar-refractivity contribution in [3.63, 3.8) is 0 Å². The van der Waals surface area contributed by atoms with Crippen LogP contribution in [0.25, 0.3) is 0 Å². The van der Waals surface area contributed by atoms with Crippen LogP contribution in [0.5, 0.6) is 0 Å². The number of benzene rings is 1. The minimum atomic E-state index is 0.0829. The first-order chi connectivity index (χ1) is 13.0. The highest BCUT2D eigenvalue weighted by molar-refractivity contribution is 7.98. The number of likely N-dealkylation sites (tertiary alicyclic amines) is 1. The standard InChI is InChI=1S/C23H30N2OS/c1-5-19-13-12-18(4)25(14-19)23(26)21-11-7-10-20(24-21)15-27-22-16(2)8-6-9-17(22)3/h6-11,18-19H,5,12-15H2,1-4H3. The van der Waals surface area contributed by atoms with Gasteiger partial charge < -0.3 is 4.90 Å². The number of hydrogen-bond donors (Lipinski definition) is 0. The molecular formula is C23H30N2OS. The van der Waals surface area contributed by atoms with Gasteiger partial charge in [0.2, 0.25) is 0 Å². The van der Waals surface area contributed by atoms with E-state index in [2.05, 4.69) is 45.9 Å². The molecule has 3 nitrogen and oxygen atoms in total. The summed E-state index contributed by atoms with van der Waals surface area (Å²) in [6.07, 6.45) is 3.45. The van der Waals surface area contributed by atoms with Gasteiger partial charge in [-0.2, -0.15) is 0 Å². The molecular weight excluding hydrogens is 352 g/mol. The molecule has 1 aliphatic heterocycles. The lowest BCUT2D eigenvalue weighted by atomic mass is 9.91. The molecule has 27 heavy (non-hydrogen) atoms. The Bertz CT molecular complexity index is 784. The Morgan fingerprint density at radius 3 is 2.56 bits per heavy atom. The Morgan fingerprint density at radius 1 is 1.15 bits per heavy atom. The maximum absolute atomic E-state index is 13.1. The Kier molecular flexibility index (Phi) is 6.59. The second kappa shape index (κ2) is 8.92. The molecule has 1 aromatic carbocycles. The lowest BCUT2D eigenvalue weighted by Crippen LogP contribution is -2.45. The normalized spacial score (nSPS) is 19.9. The highest BCUT2D eigenvalue weighted by atomic mass is 32.2. The SMILES string of the molecule is CCC1CCC(C)N(C(=O)c2cccc(CSc3c(C)cccc3C)n2)C1. The largest absolute Gasteiger partial charge is 0.334 e. The summed E-state index contributed by atoms with van der Waals surface area (Å²) in [5, 5.41) is 0. The Balaban J connectivity index is 1.72. The van der Waals surface area contributed by atoms with Gasteiger partial charge in [-0.05, 0) is 62.8 Å². The van der Waals surface area contributed by atoms with Crippen LogP contribution in [0.4, 0.5) is 0 Å². The van der Waals surface area contributed by atoms with Crippen molar-refractivity contribution in [2.45, 2.75) is 63.6 Å². The number of pyridine rings is 1. The first-order valence-corrected chi connectivity index (χ1v) is 10.9. The molecule has 0 saturated carbocycles. The number of nitrogens with zero attached hydrogens (tertiary/aromatic N) is 2. The molecule has 1 aromatic heterocycles. The summed E-state index contributed by atoms with van der Waals surface area (Å²) in [5.41, 5.74) is 4.13. The average molecular weight is 383 g/mol. The van der Waals surface area contributed by atoms with Crippen molar-refractivity contribution in [3.8, 4) is 0 Å². The van der Waals surface area contributed by atoms with Crippen LogP contribution in [0.15, 0.2) is 41.3 Å². The van der Waals surface area contributed by atoms with Crippen LogP contribution < -0.4 is 0 Å². The molecule has 2 unspecified atom stereocenters. The molecule has 1 saturated heterocycles. The van der Waals surface area contributed by atoms with Gasteiger partial charge in [-0.1, -0.05) is 37.6 Å². The molecule has 1 amide bonds. The Labute approximate surface area is 167 Å². The van der Waals surface area contributed by atoms with E-state index >= 15 is 0 Å². The zero-order valence-electron chi connectivity index (χ0n) is 16.9. The van der Waals surface area contributed by atoms with E-state index < -0.39 is 0 Å². The molecule has 2 aromatic rings. The van der Waals surface area contributed by atoms with Gasteiger partial charge >= 0.3 is 0 Å². The van der Waals surface area contributed by atoms with Crippen molar-refractivity contribution >= 4 is 17.7 Å². The third-order valence-electron chi connectivity index (χ3n) is 5.62. The predicted molar refractivity (Wildman–Crippen MR) is 113 cm³/mol. The maximum Gasteiger partial charge on any atom is 0.272 e. The van der Waals surface area contributed by atoms with Crippen LogP contribution in [-0.2, 0) is 5.75 Å². The van der Waals surface area contributed by atoms with Crippen molar-refractivity contribution in [1.29, 1.82) is 0 Å². The molecule has 0 bridgehead atoms. The smallest absolute Gasteiger partial charge is 0.272 e. The van der Waals surface area contributed by atoms with Crippen LogP contribution in [0.2, 0.25) is 0 Å². The summed E-state index contributed by atoms with van der Waals surface area (Å²) in [6, 6.07) is 12.5. The lowest BCUT2D eigenvalue weighted by molar-refractivity contribution is 0.0550. The molecule has 2 heterocycles. The third kappa shape index (κ3) is 4.73. The van der Waals surface area contributed by atoms with E-state index in [9.17, 15) is 4.79 Å². The zero-order chi connectivity index (χ0) is 19.4. The van der Waals surface area contributed by atoms with Gasteiger partial charge in [0, 0.05) is 23.2 Å². The van der Waals surface area contributed by atoms with E-state index in [0.717, 1.165) is 30.8 Å². The number of amides is 1. The second-order valence-corrected chi connectivity index (χ2v) is 8.67. The second-order valence-electron chi connectivity index (χ2n) is 7.68. The third-order valence-corrected chi connectivity index (χ3v) is 6.99. The first kappa shape index (κ1) is 19.9. The fraction of sp³-hybridized carbons (Fsp3) is 0.478. The van der Waals surface area contributed by atoms with Crippen LogP contribution in [-0.4, -0.2) is 28.4 Å². The van der Waals surface area contributed by atoms with Crippen LogP contribution >= 0.6 is 11.8 Å². The van der Waals surface area contributed by atoms with Gasteiger partial charge in [-0.25, -0.2) is 4.98 Å². The summed E-state index contributed by atoms with van der Waals surface area (Å²) in [4.78, 5) is 21.1. The molecule has 2 atom stereocenters. The van der Waals surface area contributed by atoms with Crippen molar-refractivity contribution in [3.05, 3.63) is 58.9 Å². The van der Waals surface area contributed by atoms with E-state index in [1.165, 1.54) is 22.4 Å². The Morgan fingerprint density at radius 2 is 1.85 bits per heavy atom. The van der Waals surface area contributed by atoms with Gasteiger partial charge in [-0.3, -0.25) is 4.79 Å². The number of aryl methyl sites for hydroxylation is 2. The summed E-state index contributed by atoms with van der Waals surface area (Å²) >= 11 is 1.80. The van der Waals surface area contributed by atoms with Gasteiger partial charge in [0.1, 0.15) is 5.69 Å².